The minimum absolute atomic E-state index is 0.00726. The predicted molar refractivity (Wildman–Crippen MR) is 76.8 cm³/mol. The third kappa shape index (κ3) is 3.06. The first-order chi connectivity index (χ1) is 10.2. The number of aliphatic hydroxyl groups excluding tert-OH is 2. The zero-order chi connectivity index (χ0) is 14.8. The number of aryl methyl sites for hydroxylation is 1. The number of nitrogens with zero attached hydrogens (tertiary/aromatic N) is 3. The molecule has 1 aliphatic rings. The lowest BCUT2D eigenvalue weighted by atomic mass is 10.0. The molecule has 0 radical (unpaired) electrons. The van der Waals surface area contributed by atoms with Crippen LogP contribution >= 0.6 is 0 Å². The molecule has 0 amide bonds. The molecule has 3 rings (SSSR count). The van der Waals surface area contributed by atoms with Crippen molar-refractivity contribution in [2.24, 2.45) is 5.92 Å². The quantitative estimate of drug-likeness (QED) is 0.870. The van der Waals surface area contributed by atoms with Gasteiger partial charge in [0.15, 0.2) is 0 Å². The van der Waals surface area contributed by atoms with Crippen LogP contribution in [0.15, 0.2) is 28.9 Å². The third-order valence-corrected chi connectivity index (χ3v) is 3.86. The van der Waals surface area contributed by atoms with Crippen LogP contribution < -0.4 is 4.90 Å². The lowest BCUT2D eigenvalue weighted by Gasteiger charge is -2.17. The van der Waals surface area contributed by atoms with Crippen LogP contribution in [-0.4, -0.2) is 39.5 Å². The van der Waals surface area contributed by atoms with Crippen LogP contribution in [0.5, 0.6) is 0 Å². The number of pyridine rings is 1. The molecule has 2 atom stereocenters. The van der Waals surface area contributed by atoms with Gasteiger partial charge in [-0.15, -0.1) is 0 Å². The molecule has 2 aromatic rings. The molecule has 0 aliphatic carbocycles. The Balaban J connectivity index is 1.70. The molecule has 6 nitrogen and oxygen atoms in total. The Morgan fingerprint density at radius 3 is 2.95 bits per heavy atom. The van der Waals surface area contributed by atoms with Gasteiger partial charge >= 0.3 is 0 Å². The molecule has 0 spiro atoms. The molecule has 6 heteroatoms. The Labute approximate surface area is 123 Å². The monoisotopic (exact) mass is 289 g/mol. The highest BCUT2D eigenvalue weighted by Crippen LogP contribution is 2.26. The van der Waals surface area contributed by atoms with Gasteiger partial charge in [-0.2, -0.15) is 0 Å². The van der Waals surface area contributed by atoms with Crippen molar-refractivity contribution in [1.29, 1.82) is 0 Å². The number of hydrogen-bond donors (Lipinski definition) is 2. The Kier molecular flexibility index (Phi) is 3.90. The van der Waals surface area contributed by atoms with E-state index in [1.54, 1.807) is 12.3 Å². The van der Waals surface area contributed by atoms with Crippen molar-refractivity contribution >= 4 is 5.82 Å². The molecule has 2 N–H and O–H groups in total. The van der Waals surface area contributed by atoms with E-state index in [1.165, 1.54) is 0 Å². The predicted octanol–water partition coefficient (Wildman–Crippen LogP) is 0.910. The standard InChI is InChI=1S/C15H19N3O3/c1-10-4-13(21-17-10)6-12-7-18(8-14(12)20)15-5-11(9-19)2-3-16-15/h2-5,12,14,19-20H,6-9H2,1H3/t12-,14-/m1/s1. The highest BCUT2D eigenvalue weighted by Gasteiger charge is 2.33. The van der Waals surface area contributed by atoms with Crippen molar-refractivity contribution in [2.75, 3.05) is 18.0 Å². The van der Waals surface area contributed by atoms with Crippen LogP contribution in [0.4, 0.5) is 5.82 Å². The lowest BCUT2D eigenvalue weighted by Crippen LogP contribution is -2.22. The molecule has 0 unspecified atom stereocenters. The second-order valence-corrected chi connectivity index (χ2v) is 5.55. The van der Waals surface area contributed by atoms with Gasteiger partial charge in [-0.3, -0.25) is 0 Å². The van der Waals surface area contributed by atoms with E-state index in [-0.39, 0.29) is 12.5 Å². The maximum Gasteiger partial charge on any atom is 0.137 e. The fraction of sp³-hybridized carbons (Fsp3) is 0.467. The normalized spacial score (nSPS) is 22.0. The summed E-state index contributed by atoms with van der Waals surface area (Å²) in [5.74, 6) is 1.68. The Bertz CT molecular complexity index is 614. The molecule has 1 aliphatic heterocycles. The average molecular weight is 289 g/mol. The minimum atomic E-state index is -0.421. The number of aliphatic hydroxyl groups is 2. The maximum absolute atomic E-state index is 10.2. The molecule has 0 saturated carbocycles. The van der Waals surface area contributed by atoms with Crippen LogP contribution in [0.1, 0.15) is 17.0 Å². The summed E-state index contributed by atoms with van der Waals surface area (Å²) in [6, 6.07) is 5.54. The molecule has 0 bridgehead atoms. The molecule has 112 valence electrons. The van der Waals surface area contributed by atoms with Crippen molar-refractivity contribution in [1.82, 2.24) is 10.1 Å². The first kappa shape index (κ1) is 14.0. The SMILES string of the molecule is Cc1cc(C[C@@H]2CN(c3cc(CO)ccn3)C[C@H]2O)on1. The van der Waals surface area contributed by atoms with Gasteiger partial charge < -0.3 is 19.6 Å². The largest absolute Gasteiger partial charge is 0.392 e. The van der Waals surface area contributed by atoms with Crippen LogP contribution in [0.25, 0.3) is 0 Å². The summed E-state index contributed by atoms with van der Waals surface area (Å²) in [5, 5.41) is 23.3. The van der Waals surface area contributed by atoms with E-state index in [9.17, 15) is 10.2 Å². The topological polar surface area (TPSA) is 82.6 Å². The van der Waals surface area contributed by atoms with Gasteiger partial charge in [0.25, 0.3) is 0 Å². The van der Waals surface area contributed by atoms with Crippen LogP contribution in [0, 0.1) is 12.8 Å². The zero-order valence-corrected chi connectivity index (χ0v) is 11.9. The van der Waals surface area contributed by atoms with E-state index in [4.69, 9.17) is 4.52 Å². The number of hydrogen-bond acceptors (Lipinski definition) is 6. The third-order valence-electron chi connectivity index (χ3n) is 3.86. The number of β-amino-alcohol motifs (C(OH)–C–C–N with tert-alkyl or cyclic N) is 1. The summed E-state index contributed by atoms with van der Waals surface area (Å²) in [6.07, 6.45) is 1.92. The molecule has 21 heavy (non-hydrogen) atoms. The van der Waals surface area contributed by atoms with E-state index < -0.39 is 6.10 Å². The summed E-state index contributed by atoms with van der Waals surface area (Å²) >= 11 is 0. The molecule has 1 fully saturated rings. The van der Waals surface area contributed by atoms with E-state index in [1.807, 2.05) is 24.0 Å². The van der Waals surface area contributed by atoms with Gasteiger partial charge in [0.2, 0.25) is 0 Å². The molecule has 2 aromatic heterocycles. The summed E-state index contributed by atoms with van der Waals surface area (Å²) in [6.45, 7) is 3.13. The number of anilines is 1. The van der Waals surface area contributed by atoms with E-state index in [2.05, 4.69) is 10.1 Å². The molecular formula is C15H19N3O3. The van der Waals surface area contributed by atoms with Gasteiger partial charge in [-0.25, -0.2) is 4.98 Å². The van der Waals surface area contributed by atoms with E-state index in [0.717, 1.165) is 22.8 Å². The van der Waals surface area contributed by atoms with Crippen molar-refractivity contribution in [3.8, 4) is 0 Å². The van der Waals surface area contributed by atoms with Crippen molar-refractivity contribution in [3.63, 3.8) is 0 Å². The van der Waals surface area contributed by atoms with Gasteiger partial charge in [-0.05, 0) is 24.6 Å². The van der Waals surface area contributed by atoms with Crippen molar-refractivity contribution < 1.29 is 14.7 Å². The summed E-state index contributed by atoms with van der Waals surface area (Å²) in [5.41, 5.74) is 1.68. The van der Waals surface area contributed by atoms with Crippen molar-refractivity contribution in [3.05, 3.63) is 41.4 Å². The first-order valence-corrected chi connectivity index (χ1v) is 7.06. The summed E-state index contributed by atoms with van der Waals surface area (Å²) in [4.78, 5) is 6.36. The highest BCUT2D eigenvalue weighted by atomic mass is 16.5. The molecule has 3 heterocycles. The van der Waals surface area contributed by atoms with Gasteiger partial charge in [-0.1, -0.05) is 5.16 Å². The first-order valence-electron chi connectivity index (χ1n) is 7.06. The summed E-state index contributed by atoms with van der Waals surface area (Å²) < 4.78 is 5.22. The van der Waals surface area contributed by atoms with Crippen LogP contribution in [-0.2, 0) is 13.0 Å². The minimum Gasteiger partial charge on any atom is -0.392 e. The molecule has 0 aromatic carbocycles. The Morgan fingerprint density at radius 1 is 1.38 bits per heavy atom. The van der Waals surface area contributed by atoms with Crippen LogP contribution in [0.2, 0.25) is 0 Å². The number of rotatable bonds is 4. The van der Waals surface area contributed by atoms with Gasteiger partial charge in [0, 0.05) is 37.7 Å². The molecular weight excluding hydrogens is 270 g/mol. The smallest absolute Gasteiger partial charge is 0.137 e. The van der Waals surface area contributed by atoms with E-state index >= 15 is 0 Å². The Hall–Kier alpha value is -1.92. The molecule has 1 saturated heterocycles. The second kappa shape index (κ2) is 5.83. The van der Waals surface area contributed by atoms with Gasteiger partial charge in [0.05, 0.1) is 18.4 Å². The fourth-order valence-corrected chi connectivity index (χ4v) is 2.74. The van der Waals surface area contributed by atoms with Crippen LogP contribution in [0.3, 0.4) is 0 Å². The second-order valence-electron chi connectivity index (χ2n) is 5.55. The lowest BCUT2D eigenvalue weighted by molar-refractivity contribution is 0.143. The Morgan fingerprint density at radius 2 is 2.24 bits per heavy atom. The number of aromatic nitrogens is 2. The van der Waals surface area contributed by atoms with Gasteiger partial charge in [0.1, 0.15) is 11.6 Å². The average Bonchev–Trinajstić information content (AvgIpc) is 3.06. The van der Waals surface area contributed by atoms with E-state index in [0.29, 0.717) is 19.5 Å². The maximum atomic E-state index is 10.2. The fourth-order valence-electron chi connectivity index (χ4n) is 2.74. The van der Waals surface area contributed by atoms with Crippen molar-refractivity contribution in [2.45, 2.75) is 26.1 Å². The zero-order valence-electron chi connectivity index (χ0n) is 11.9. The highest BCUT2D eigenvalue weighted by molar-refractivity contribution is 5.42. The summed E-state index contributed by atoms with van der Waals surface area (Å²) in [7, 11) is 0.